The van der Waals surface area contributed by atoms with Gasteiger partial charge in [-0.05, 0) is 37.5 Å². The van der Waals surface area contributed by atoms with Crippen LogP contribution in [0.2, 0.25) is 5.02 Å². The number of hydrogen-bond donors (Lipinski definition) is 1. The van der Waals surface area contributed by atoms with Crippen molar-refractivity contribution in [3.05, 3.63) is 58.9 Å². The lowest BCUT2D eigenvalue weighted by atomic mass is 9.91. The number of carbonyl (C=O) groups is 2. The van der Waals surface area contributed by atoms with Crippen LogP contribution >= 0.6 is 11.6 Å². The van der Waals surface area contributed by atoms with E-state index in [1.165, 1.54) is 19.3 Å². The number of nitrogens with one attached hydrogen (secondary N) is 1. The summed E-state index contributed by atoms with van der Waals surface area (Å²) in [6.45, 7) is 2.55. The highest BCUT2D eigenvalue weighted by molar-refractivity contribution is 6.30. The zero-order valence-electron chi connectivity index (χ0n) is 19.0. The molecule has 1 saturated carbocycles. The van der Waals surface area contributed by atoms with Gasteiger partial charge in [-0.2, -0.15) is 0 Å². The molecule has 1 fully saturated rings. The molecule has 33 heavy (non-hydrogen) atoms. The zero-order valence-corrected chi connectivity index (χ0v) is 19.7. The van der Waals surface area contributed by atoms with Gasteiger partial charge in [-0.25, -0.2) is 0 Å². The Morgan fingerprint density at radius 3 is 2.67 bits per heavy atom. The maximum absolute atomic E-state index is 13.8. The number of benzene rings is 1. The number of hydrogen-bond acceptors (Lipinski definition) is 3. The number of halogens is 1. The van der Waals surface area contributed by atoms with Crippen molar-refractivity contribution in [3.8, 4) is 0 Å². The number of rotatable bonds is 4. The lowest BCUT2D eigenvalue weighted by Crippen LogP contribution is -2.64. The van der Waals surface area contributed by atoms with Crippen LogP contribution in [-0.4, -0.2) is 32.9 Å². The van der Waals surface area contributed by atoms with Crippen LogP contribution in [0, 0.1) is 0 Å². The summed E-state index contributed by atoms with van der Waals surface area (Å²) in [5, 5.41) is 3.92. The molecule has 0 unspecified atom stereocenters. The molecule has 2 amide bonds. The van der Waals surface area contributed by atoms with E-state index >= 15 is 0 Å². The Morgan fingerprint density at radius 1 is 1.15 bits per heavy atom. The van der Waals surface area contributed by atoms with Crippen molar-refractivity contribution in [2.75, 3.05) is 0 Å². The molecule has 3 aromatic rings. The molecule has 2 aliphatic rings. The van der Waals surface area contributed by atoms with Gasteiger partial charge >= 0.3 is 0 Å². The molecule has 1 aliphatic carbocycles. The first-order chi connectivity index (χ1) is 16.0. The molecular formula is C26H30ClN3O3. The highest BCUT2D eigenvalue weighted by Gasteiger charge is 2.48. The van der Waals surface area contributed by atoms with Crippen LogP contribution in [0.25, 0.3) is 11.1 Å². The number of nitrogens with zero attached hydrogens (tertiary/aromatic N) is 2. The summed E-state index contributed by atoms with van der Waals surface area (Å²) < 4.78 is 7.48. The van der Waals surface area contributed by atoms with Crippen molar-refractivity contribution in [1.29, 1.82) is 0 Å². The van der Waals surface area contributed by atoms with Gasteiger partial charge in [0.25, 0.3) is 5.91 Å². The molecule has 0 saturated heterocycles. The zero-order chi connectivity index (χ0) is 23.0. The van der Waals surface area contributed by atoms with Gasteiger partial charge in [0, 0.05) is 29.7 Å². The minimum atomic E-state index is -1.04. The second-order valence-electron chi connectivity index (χ2n) is 9.60. The van der Waals surface area contributed by atoms with Crippen molar-refractivity contribution < 1.29 is 14.0 Å². The summed E-state index contributed by atoms with van der Waals surface area (Å²) >= 11 is 6.21. The summed E-state index contributed by atoms with van der Waals surface area (Å²) in [6.07, 6.45) is 9.57. The summed E-state index contributed by atoms with van der Waals surface area (Å²) in [4.78, 5) is 29.3. The number of carbonyl (C=O) groups excluding carboxylic acids is 2. The fraction of sp³-hybridized carbons (Fsp3) is 0.462. The molecule has 0 radical (unpaired) electrons. The molecule has 1 aromatic carbocycles. The predicted molar refractivity (Wildman–Crippen MR) is 128 cm³/mol. The van der Waals surface area contributed by atoms with Gasteiger partial charge in [-0.3, -0.25) is 9.59 Å². The van der Waals surface area contributed by atoms with E-state index in [2.05, 4.69) is 5.32 Å². The Balaban J connectivity index is 1.50. The first kappa shape index (κ1) is 22.1. The van der Waals surface area contributed by atoms with E-state index in [1.807, 2.05) is 41.8 Å². The largest absolute Gasteiger partial charge is 0.463 e. The Kier molecular flexibility index (Phi) is 5.95. The normalized spacial score (nSPS) is 22.1. The Hall–Kier alpha value is -2.73. The third-order valence-corrected chi connectivity index (χ3v) is 7.44. The summed E-state index contributed by atoms with van der Waals surface area (Å²) in [7, 11) is 0. The van der Waals surface area contributed by atoms with Crippen molar-refractivity contribution in [3.63, 3.8) is 0 Å². The predicted octanol–water partition coefficient (Wildman–Crippen LogP) is 5.53. The third-order valence-electron chi connectivity index (χ3n) is 7.21. The number of fused-ring (bicyclic) bond motifs is 3. The molecule has 2 aromatic heterocycles. The molecular weight excluding hydrogens is 438 g/mol. The molecule has 1 aliphatic heterocycles. The average Bonchev–Trinajstić information content (AvgIpc) is 3.35. The molecule has 1 atom stereocenters. The van der Waals surface area contributed by atoms with Crippen LogP contribution in [0.4, 0.5) is 0 Å². The monoisotopic (exact) mass is 467 g/mol. The average molecular weight is 468 g/mol. The molecule has 0 bridgehead atoms. The van der Waals surface area contributed by atoms with Gasteiger partial charge in [-0.1, -0.05) is 55.8 Å². The first-order valence-electron chi connectivity index (χ1n) is 11.9. The van der Waals surface area contributed by atoms with Crippen LogP contribution in [-0.2, 0) is 17.9 Å². The maximum atomic E-state index is 13.8. The van der Waals surface area contributed by atoms with Crippen LogP contribution in [0.1, 0.15) is 67.9 Å². The molecule has 3 heterocycles. The highest BCUT2D eigenvalue weighted by atomic mass is 35.5. The third kappa shape index (κ3) is 4.17. The molecule has 1 N–H and O–H groups in total. The van der Waals surface area contributed by atoms with Gasteiger partial charge in [-0.15, -0.1) is 0 Å². The maximum Gasteiger partial charge on any atom is 0.271 e. The second kappa shape index (κ2) is 8.90. The summed E-state index contributed by atoms with van der Waals surface area (Å²) in [5.74, 6) is -0.276. The molecule has 5 rings (SSSR count). The number of furan rings is 1. The van der Waals surface area contributed by atoms with Gasteiger partial charge < -0.3 is 19.2 Å². The van der Waals surface area contributed by atoms with Crippen molar-refractivity contribution in [2.24, 2.45) is 0 Å². The van der Waals surface area contributed by atoms with Crippen molar-refractivity contribution in [1.82, 2.24) is 14.8 Å². The summed E-state index contributed by atoms with van der Waals surface area (Å²) in [6, 6.07) is 11.2. The minimum Gasteiger partial charge on any atom is -0.463 e. The minimum absolute atomic E-state index is 0.0977. The van der Waals surface area contributed by atoms with E-state index in [4.69, 9.17) is 16.0 Å². The van der Waals surface area contributed by atoms with E-state index < -0.39 is 5.54 Å². The van der Waals surface area contributed by atoms with E-state index in [0.29, 0.717) is 29.4 Å². The van der Waals surface area contributed by atoms with Crippen molar-refractivity contribution in [2.45, 2.75) is 76.5 Å². The topological polar surface area (TPSA) is 67.5 Å². The van der Waals surface area contributed by atoms with E-state index in [1.54, 1.807) is 17.2 Å². The van der Waals surface area contributed by atoms with Crippen molar-refractivity contribution >= 4 is 34.5 Å². The standard InChI is InChI=1S/C26H30ClN3O3/c1-26(25(32)28-20-10-5-3-2-4-6-11-20)17-29-21-12-13-33-23(21)15-22(29)24(31)30(26)16-18-8-7-9-19(27)14-18/h7-9,12-15,20H,2-6,10-11,16-17H2,1H3,(H,28,32)/t26-/m1/s1. The Morgan fingerprint density at radius 2 is 1.91 bits per heavy atom. The SMILES string of the molecule is C[C@]1(C(=O)NC2CCCCCCC2)Cn2c(cc3occc32)C(=O)N1Cc1cccc(Cl)c1. The van der Waals surface area contributed by atoms with Gasteiger partial charge in [0.1, 0.15) is 11.2 Å². The van der Waals surface area contributed by atoms with Crippen LogP contribution in [0.5, 0.6) is 0 Å². The van der Waals surface area contributed by atoms with Gasteiger partial charge in [0.15, 0.2) is 5.58 Å². The fourth-order valence-electron chi connectivity index (χ4n) is 5.28. The molecule has 6 nitrogen and oxygen atoms in total. The lowest BCUT2D eigenvalue weighted by Gasteiger charge is -2.44. The van der Waals surface area contributed by atoms with Gasteiger partial charge in [0.2, 0.25) is 5.91 Å². The lowest BCUT2D eigenvalue weighted by molar-refractivity contribution is -0.134. The molecule has 0 spiro atoms. The first-order valence-corrected chi connectivity index (χ1v) is 12.3. The second-order valence-corrected chi connectivity index (χ2v) is 10.0. The van der Waals surface area contributed by atoms with Crippen LogP contribution < -0.4 is 5.32 Å². The van der Waals surface area contributed by atoms with E-state index in [-0.39, 0.29) is 17.9 Å². The van der Waals surface area contributed by atoms with Crippen LogP contribution in [0.15, 0.2) is 47.1 Å². The van der Waals surface area contributed by atoms with Crippen LogP contribution in [0.3, 0.4) is 0 Å². The smallest absolute Gasteiger partial charge is 0.271 e. The Bertz CT molecular complexity index is 1170. The highest BCUT2D eigenvalue weighted by Crippen LogP contribution is 2.34. The fourth-order valence-corrected chi connectivity index (χ4v) is 5.49. The van der Waals surface area contributed by atoms with E-state index in [0.717, 1.165) is 36.8 Å². The van der Waals surface area contributed by atoms with Gasteiger partial charge in [0.05, 0.1) is 18.3 Å². The number of aromatic nitrogens is 1. The number of amides is 2. The quantitative estimate of drug-likeness (QED) is 0.548. The van der Waals surface area contributed by atoms with E-state index in [9.17, 15) is 9.59 Å². The summed E-state index contributed by atoms with van der Waals surface area (Å²) in [5.41, 5.74) is 1.89. The Labute approximate surface area is 198 Å². The molecule has 174 valence electrons. The molecule has 7 heteroatoms.